The summed E-state index contributed by atoms with van der Waals surface area (Å²) in [7, 11) is 0. The number of benzene rings is 2. The Morgan fingerprint density at radius 2 is 1.67 bits per heavy atom. The van der Waals surface area contributed by atoms with Crippen molar-refractivity contribution in [2.75, 3.05) is 0 Å². The van der Waals surface area contributed by atoms with Crippen molar-refractivity contribution in [2.24, 2.45) is 0 Å². The van der Waals surface area contributed by atoms with E-state index in [0.29, 0.717) is 18.7 Å². The minimum atomic E-state index is -0.377. The molecule has 0 radical (unpaired) electrons. The van der Waals surface area contributed by atoms with Crippen LogP contribution in [0.1, 0.15) is 21.5 Å². The highest BCUT2D eigenvalue weighted by molar-refractivity contribution is 5.94. The summed E-state index contributed by atoms with van der Waals surface area (Å²) >= 11 is 0. The largest absolute Gasteiger partial charge is 0.330 e. The topological polar surface area (TPSA) is 20.3 Å². The molecule has 2 aromatic rings. The normalized spacial score (nSPS) is 13.5. The van der Waals surface area contributed by atoms with E-state index in [1.807, 2.05) is 24.3 Å². The van der Waals surface area contributed by atoms with Crippen LogP contribution in [-0.2, 0) is 13.1 Å². The zero-order valence-electron chi connectivity index (χ0n) is 9.77. The molecule has 1 aliphatic heterocycles. The molecule has 18 heavy (non-hydrogen) atoms. The minimum Gasteiger partial charge on any atom is -0.330 e. The van der Waals surface area contributed by atoms with E-state index in [2.05, 4.69) is 0 Å². The molecule has 1 amide bonds. The average molecular weight is 241 g/mol. The third-order valence-corrected chi connectivity index (χ3v) is 3.20. The lowest BCUT2D eigenvalue weighted by Crippen LogP contribution is -2.25. The molecule has 0 N–H and O–H groups in total. The zero-order chi connectivity index (χ0) is 12.5. The second-order valence-corrected chi connectivity index (χ2v) is 4.44. The summed E-state index contributed by atoms with van der Waals surface area (Å²) in [4.78, 5) is 14.0. The van der Waals surface area contributed by atoms with Gasteiger partial charge in [-0.1, -0.05) is 30.3 Å². The Balaban J connectivity index is 1.84. The van der Waals surface area contributed by atoms with Gasteiger partial charge < -0.3 is 4.90 Å². The SMILES string of the molecule is O=C(c1cccc(F)c1)N1Cc2ccccc2C1. The summed E-state index contributed by atoms with van der Waals surface area (Å²) in [5.41, 5.74) is 2.74. The van der Waals surface area contributed by atoms with E-state index in [9.17, 15) is 9.18 Å². The van der Waals surface area contributed by atoms with Crippen molar-refractivity contribution in [2.45, 2.75) is 13.1 Å². The van der Waals surface area contributed by atoms with Crippen LogP contribution in [0, 0.1) is 5.82 Å². The van der Waals surface area contributed by atoms with Gasteiger partial charge in [-0.05, 0) is 29.3 Å². The van der Waals surface area contributed by atoms with Crippen molar-refractivity contribution in [1.29, 1.82) is 0 Å². The summed E-state index contributed by atoms with van der Waals surface area (Å²) in [5.74, 6) is -0.497. The maximum atomic E-state index is 13.1. The molecule has 0 spiro atoms. The fraction of sp³-hybridized carbons (Fsp3) is 0.133. The number of nitrogens with zero attached hydrogens (tertiary/aromatic N) is 1. The van der Waals surface area contributed by atoms with Gasteiger partial charge in [-0.25, -0.2) is 4.39 Å². The van der Waals surface area contributed by atoms with Crippen LogP contribution in [-0.4, -0.2) is 10.8 Å². The van der Waals surface area contributed by atoms with Crippen LogP contribution in [0.2, 0.25) is 0 Å². The Morgan fingerprint density at radius 1 is 1.00 bits per heavy atom. The molecule has 1 heterocycles. The Labute approximate surface area is 105 Å². The predicted molar refractivity (Wildman–Crippen MR) is 66.4 cm³/mol. The third kappa shape index (κ3) is 1.88. The summed E-state index contributed by atoms with van der Waals surface area (Å²) in [6, 6.07) is 13.8. The number of carbonyl (C=O) groups is 1. The van der Waals surface area contributed by atoms with Crippen LogP contribution in [0.25, 0.3) is 0 Å². The van der Waals surface area contributed by atoms with E-state index in [1.165, 1.54) is 23.3 Å². The van der Waals surface area contributed by atoms with E-state index >= 15 is 0 Å². The molecular weight excluding hydrogens is 229 g/mol. The van der Waals surface area contributed by atoms with Gasteiger partial charge in [0, 0.05) is 18.7 Å². The lowest BCUT2D eigenvalue weighted by molar-refractivity contribution is 0.0751. The molecule has 0 bridgehead atoms. The fourth-order valence-corrected chi connectivity index (χ4v) is 2.28. The van der Waals surface area contributed by atoms with Gasteiger partial charge in [-0.15, -0.1) is 0 Å². The predicted octanol–water partition coefficient (Wildman–Crippen LogP) is 2.98. The second kappa shape index (κ2) is 4.26. The molecule has 90 valence electrons. The van der Waals surface area contributed by atoms with Gasteiger partial charge in [-0.3, -0.25) is 4.79 Å². The molecule has 1 aliphatic rings. The first kappa shape index (κ1) is 11.0. The summed E-state index contributed by atoms with van der Waals surface area (Å²) in [6.45, 7) is 1.21. The fourth-order valence-electron chi connectivity index (χ4n) is 2.28. The molecule has 0 saturated carbocycles. The Kier molecular flexibility index (Phi) is 2.59. The zero-order valence-corrected chi connectivity index (χ0v) is 9.77. The van der Waals surface area contributed by atoms with Gasteiger partial charge in [0.25, 0.3) is 5.91 Å². The van der Waals surface area contributed by atoms with Crippen molar-refractivity contribution in [3.8, 4) is 0 Å². The molecule has 0 aliphatic carbocycles. The molecule has 0 fully saturated rings. The maximum absolute atomic E-state index is 13.1. The summed E-state index contributed by atoms with van der Waals surface area (Å²) in [5, 5.41) is 0. The second-order valence-electron chi connectivity index (χ2n) is 4.44. The van der Waals surface area contributed by atoms with Crippen LogP contribution in [0.3, 0.4) is 0 Å². The molecule has 0 atom stereocenters. The minimum absolute atomic E-state index is 0.120. The van der Waals surface area contributed by atoms with Crippen molar-refractivity contribution in [3.05, 3.63) is 71.0 Å². The van der Waals surface area contributed by atoms with E-state index in [4.69, 9.17) is 0 Å². The first-order chi connectivity index (χ1) is 8.74. The molecule has 3 rings (SSSR count). The number of rotatable bonds is 1. The van der Waals surface area contributed by atoms with Gasteiger partial charge >= 0.3 is 0 Å². The lowest BCUT2D eigenvalue weighted by atomic mass is 10.1. The molecule has 2 aromatic carbocycles. The number of halogens is 1. The Morgan fingerprint density at radius 3 is 2.28 bits per heavy atom. The molecule has 0 saturated heterocycles. The molecule has 0 aromatic heterocycles. The van der Waals surface area contributed by atoms with Crippen LogP contribution in [0.4, 0.5) is 4.39 Å². The smallest absolute Gasteiger partial charge is 0.254 e. The average Bonchev–Trinajstić information content (AvgIpc) is 2.81. The van der Waals surface area contributed by atoms with Gasteiger partial charge in [-0.2, -0.15) is 0 Å². The van der Waals surface area contributed by atoms with Crippen molar-refractivity contribution in [3.63, 3.8) is 0 Å². The van der Waals surface area contributed by atoms with Crippen LogP contribution < -0.4 is 0 Å². The van der Waals surface area contributed by atoms with Crippen molar-refractivity contribution < 1.29 is 9.18 Å². The third-order valence-electron chi connectivity index (χ3n) is 3.20. The monoisotopic (exact) mass is 241 g/mol. The van der Waals surface area contributed by atoms with Gasteiger partial charge in [0.05, 0.1) is 0 Å². The van der Waals surface area contributed by atoms with Crippen LogP contribution in [0.5, 0.6) is 0 Å². The van der Waals surface area contributed by atoms with Crippen molar-refractivity contribution >= 4 is 5.91 Å². The molecule has 3 heteroatoms. The lowest BCUT2D eigenvalue weighted by Gasteiger charge is -2.15. The Bertz CT molecular complexity index is 584. The summed E-state index contributed by atoms with van der Waals surface area (Å²) in [6.07, 6.45) is 0. The first-order valence-electron chi connectivity index (χ1n) is 5.85. The highest BCUT2D eigenvalue weighted by atomic mass is 19.1. The van der Waals surface area contributed by atoms with Gasteiger partial charge in [0.1, 0.15) is 5.82 Å². The van der Waals surface area contributed by atoms with Crippen LogP contribution in [0.15, 0.2) is 48.5 Å². The molecule has 0 unspecified atom stereocenters. The van der Waals surface area contributed by atoms with Gasteiger partial charge in [0.2, 0.25) is 0 Å². The number of hydrogen-bond acceptors (Lipinski definition) is 1. The first-order valence-corrected chi connectivity index (χ1v) is 5.85. The van der Waals surface area contributed by atoms with Crippen molar-refractivity contribution in [1.82, 2.24) is 4.90 Å². The number of carbonyl (C=O) groups excluding carboxylic acids is 1. The highest BCUT2D eigenvalue weighted by Crippen LogP contribution is 2.23. The molecule has 2 nitrogen and oxygen atoms in total. The summed E-state index contributed by atoms with van der Waals surface area (Å²) < 4.78 is 13.1. The van der Waals surface area contributed by atoms with Crippen LogP contribution >= 0.6 is 0 Å². The number of hydrogen-bond donors (Lipinski definition) is 0. The van der Waals surface area contributed by atoms with E-state index in [1.54, 1.807) is 17.0 Å². The standard InChI is InChI=1S/C15H12FNO/c16-14-7-3-6-11(8-14)15(18)17-9-12-4-1-2-5-13(12)10-17/h1-8H,9-10H2. The van der Waals surface area contributed by atoms with E-state index in [0.717, 1.165) is 0 Å². The van der Waals surface area contributed by atoms with E-state index < -0.39 is 0 Å². The molecular formula is C15H12FNO. The number of amides is 1. The Hall–Kier alpha value is -2.16. The van der Waals surface area contributed by atoms with E-state index in [-0.39, 0.29) is 11.7 Å². The number of fused-ring (bicyclic) bond motifs is 1. The van der Waals surface area contributed by atoms with Gasteiger partial charge in [0.15, 0.2) is 0 Å². The maximum Gasteiger partial charge on any atom is 0.254 e. The highest BCUT2D eigenvalue weighted by Gasteiger charge is 2.23. The quantitative estimate of drug-likeness (QED) is 0.751.